The minimum atomic E-state index is -0.419. The number of hydrogen-bond acceptors (Lipinski definition) is 6. The van der Waals surface area contributed by atoms with Gasteiger partial charge in [-0.25, -0.2) is 9.37 Å². The van der Waals surface area contributed by atoms with E-state index in [0.29, 0.717) is 18.5 Å². The summed E-state index contributed by atoms with van der Waals surface area (Å²) in [6.07, 6.45) is 15.5. The second-order valence-corrected chi connectivity index (χ2v) is 9.89. The zero-order valence-corrected chi connectivity index (χ0v) is 21.7. The lowest BCUT2D eigenvalue weighted by Gasteiger charge is -2.36. The Bertz CT molecular complexity index is 1080. The van der Waals surface area contributed by atoms with Crippen molar-refractivity contribution in [2.24, 2.45) is 4.99 Å². The number of benzene rings is 1. The molecule has 1 saturated heterocycles. The third-order valence-corrected chi connectivity index (χ3v) is 7.41. The monoisotopic (exact) mass is 493 g/mol. The molecule has 4 rings (SSSR count). The molecule has 0 aliphatic carbocycles. The van der Waals surface area contributed by atoms with Gasteiger partial charge in [-0.1, -0.05) is 55.8 Å². The minimum Gasteiger partial charge on any atom is -0.352 e. The van der Waals surface area contributed by atoms with E-state index in [1.54, 1.807) is 17.4 Å². The van der Waals surface area contributed by atoms with Crippen molar-refractivity contribution < 1.29 is 4.39 Å². The number of para-hydroxylation sites is 1. The molecule has 0 bridgehead atoms. The molecule has 35 heavy (non-hydrogen) atoms. The fourth-order valence-corrected chi connectivity index (χ4v) is 5.26. The largest absolute Gasteiger partial charge is 0.352 e. The Kier molecular flexibility index (Phi) is 10.1. The zero-order valence-electron chi connectivity index (χ0n) is 20.9. The van der Waals surface area contributed by atoms with Crippen LogP contribution in [0, 0.1) is 12.8 Å². The number of allylic oxidation sites excluding steroid dienone is 4. The van der Waals surface area contributed by atoms with Gasteiger partial charge in [0, 0.05) is 37.3 Å². The van der Waals surface area contributed by atoms with Gasteiger partial charge in [0.2, 0.25) is 0 Å². The van der Waals surface area contributed by atoms with E-state index in [1.807, 2.05) is 13.0 Å². The Hall–Kier alpha value is -2.95. The van der Waals surface area contributed by atoms with E-state index in [4.69, 9.17) is 9.98 Å². The first kappa shape index (κ1) is 26.7. The molecule has 7 heteroatoms. The number of nitrogens with zero attached hydrogens (tertiary/aromatic N) is 3. The summed E-state index contributed by atoms with van der Waals surface area (Å²) >= 11 is 1.73. The molecule has 186 valence electrons. The number of aliphatic imine (C=N–C) groups is 1. The van der Waals surface area contributed by atoms with Crippen LogP contribution in [0.2, 0.25) is 0 Å². The van der Waals surface area contributed by atoms with Gasteiger partial charge in [-0.15, -0.1) is 24.2 Å². The molecule has 0 amide bonds. The number of alkyl halides is 1. The Morgan fingerprint density at radius 1 is 1.31 bits per heavy atom. The summed E-state index contributed by atoms with van der Waals surface area (Å²) in [7, 11) is 0. The average Bonchev–Trinajstić information content (AvgIpc) is 3.28. The first-order valence-electron chi connectivity index (χ1n) is 12.2. The number of hydrogen-bond donors (Lipinski definition) is 2. The number of aromatic nitrogens is 1. The molecular weight excluding hydrogens is 457 g/mol. The van der Waals surface area contributed by atoms with Gasteiger partial charge >= 0.3 is 0 Å². The predicted molar refractivity (Wildman–Crippen MR) is 148 cm³/mol. The third-order valence-electron chi connectivity index (χ3n) is 6.14. The van der Waals surface area contributed by atoms with Gasteiger partial charge < -0.3 is 15.5 Å². The summed E-state index contributed by atoms with van der Waals surface area (Å²) in [5.41, 5.74) is 4.46. The van der Waals surface area contributed by atoms with Crippen molar-refractivity contribution in [3.63, 3.8) is 0 Å². The molecule has 5 nitrogen and oxygen atoms in total. The van der Waals surface area contributed by atoms with Crippen LogP contribution in [-0.4, -0.2) is 48.1 Å². The highest BCUT2D eigenvalue weighted by molar-refractivity contribution is 7.16. The molecule has 0 spiro atoms. The standard InChI is InChI=1S/C26H34FN5S.C2H2/c1-4-19(8-7-13-27)11-12-21-17-32(15-14-28-21)24-23-26(33-25(31-23)18(2)3)30-22-10-6-5-9-20(22)16-29-24;1-2/h4-10,18,21,28,30H,11-17H2,1-3H3;1-2H/b8-7-,19-4+,29-24?;. The van der Waals surface area contributed by atoms with E-state index in [9.17, 15) is 4.39 Å². The topological polar surface area (TPSA) is 52.5 Å². The van der Waals surface area contributed by atoms with Crippen molar-refractivity contribution >= 4 is 27.9 Å². The van der Waals surface area contributed by atoms with Crippen LogP contribution in [0.3, 0.4) is 0 Å². The second kappa shape index (κ2) is 13.2. The molecule has 1 aromatic carbocycles. The van der Waals surface area contributed by atoms with Crippen LogP contribution in [-0.2, 0) is 6.54 Å². The van der Waals surface area contributed by atoms with Gasteiger partial charge in [0.1, 0.15) is 17.4 Å². The number of fused-ring (bicyclic) bond motifs is 2. The fourth-order valence-electron chi connectivity index (χ4n) is 4.28. The maximum atomic E-state index is 12.5. The summed E-state index contributed by atoms with van der Waals surface area (Å²) in [5.74, 6) is 1.36. The van der Waals surface area contributed by atoms with Crippen molar-refractivity contribution in [3.05, 3.63) is 64.3 Å². The third kappa shape index (κ3) is 6.81. The van der Waals surface area contributed by atoms with Gasteiger partial charge in [0.15, 0.2) is 5.84 Å². The minimum absolute atomic E-state index is 0.354. The van der Waals surface area contributed by atoms with E-state index in [1.165, 1.54) is 11.1 Å². The van der Waals surface area contributed by atoms with Crippen LogP contribution in [0.25, 0.3) is 0 Å². The fraction of sp³-hybridized carbons (Fsp3) is 0.429. The lowest BCUT2D eigenvalue weighted by molar-refractivity contribution is 0.281. The number of terminal acetylenes is 1. The molecule has 0 radical (unpaired) electrons. The summed E-state index contributed by atoms with van der Waals surface area (Å²) in [5, 5.41) is 9.52. The van der Waals surface area contributed by atoms with Crippen LogP contribution in [0.5, 0.6) is 0 Å². The Labute approximate surface area is 213 Å². The molecule has 0 saturated carbocycles. The Balaban J connectivity index is 0.00000167. The van der Waals surface area contributed by atoms with Crippen LogP contribution >= 0.6 is 11.3 Å². The zero-order chi connectivity index (χ0) is 25.2. The summed E-state index contributed by atoms with van der Waals surface area (Å²) in [6.45, 7) is 9.32. The van der Waals surface area contributed by atoms with E-state index in [-0.39, 0.29) is 0 Å². The van der Waals surface area contributed by atoms with Crippen LogP contribution in [0.1, 0.15) is 55.8 Å². The van der Waals surface area contributed by atoms with Gasteiger partial charge in [0.05, 0.1) is 11.6 Å². The average molecular weight is 494 g/mol. The highest BCUT2D eigenvalue weighted by Crippen LogP contribution is 2.35. The van der Waals surface area contributed by atoms with E-state index < -0.39 is 6.67 Å². The molecule has 3 heterocycles. The lowest BCUT2D eigenvalue weighted by Crippen LogP contribution is -2.53. The molecule has 1 fully saturated rings. The van der Waals surface area contributed by atoms with Gasteiger partial charge in [0.25, 0.3) is 0 Å². The van der Waals surface area contributed by atoms with Crippen molar-refractivity contribution in [1.82, 2.24) is 15.2 Å². The number of thiazole rings is 1. The van der Waals surface area contributed by atoms with Crippen molar-refractivity contribution in [2.75, 3.05) is 31.6 Å². The number of halogens is 1. The molecule has 2 aliphatic heterocycles. The van der Waals surface area contributed by atoms with E-state index in [0.717, 1.165) is 59.7 Å². The molecule has 1 unspecified atom stereocenters. The van der Waals surface area contributed by atoms with Gasteiger partial charge in [-0.2, -0.15) is 0 Å². The van der Waals surface area contributed by atoms with Crippen molar-refractivity contribution in [1.29, 1.82) is 0 Å². The normalized spacial score (nSPS) is 18.0. The quantitative estimate of drug-likeness (QED) is 0.380. The van der Waals surface area contributed by atoms with Crippen LogP contribution < -0.4 is 10.6 Å². The highest BCUT2D eigenvalue weighted by atomic mass is 32.1. The van der Waals surface area contributed by atoms with Gasteiger partial charge in [-0.3, -0.25) is 4.99 Å². The summed E-state index contributed by atoms with van der Waals surface area (Å²) in [6, 6.07) is 8.74. The Morgan fingerprint density at radius 2 is 2.11 bits per heavy atom. The molecule has 2 aromatic rings. The number of anilines is 2. The lowest BCUT2D eigenvalue weighted by atomic mass is 10.0. The summed E-state index contributed by atoms with van der Waals surface area (Å²) < 4.78 is 12.5. The SMILES string of the molecule is C#C.C/C=C(\C=C/CF)CCC1CN(C2=NCc3ccccc3Nc3sc(C(C)C)nc32)CCN1. The molecule has 2 N–H and O–H groups in total. The van der Waals surface area contributed by atoms with Crippen molar-refractivity contribution in [3.8, 4) is 12.8 Å². The van der Waals surface area contributed by atoms with E-state index >= 15 is 0 Å². The molecule has 2 aliphatic rings. The van der Waals surface area contributed by atoms with Crippen LogP contribution in [0.4, 0.5) is 15.1 Å². The smallest absolute Gasteiger partial charge is 0.153 e. The highest BCUT2D eigenvalue weighted by Gasteiger charge is 2.28. The van der Waals surface area contributed by atoms with E-state index in [2.05, 4.69) is 72.6 Å². The molecule has 1 atom stereocenters. The maximum Gasteiger partial charge on any atom is 0.153 e. The molecular formula is C28H36FN5S. The first-order valence-corrected chi connectivity index (χ1v) is 13.0. The number of rotatable bonds is 6. The van der Waals surface area contributed by atoms with Crippen molar-refractivity contribution in [2.45, 2.75) is 52.1 Å². The predicted octanol–water partition coefficient (Wildman–Crippen LogP) is 6.05. The maximum absolute atomic E-state index is 12.5. The first-order chi connectivity index (χ1) is 17.1. The van der Waals surface area contributed by atoms with Crippen LogP contribution in [0.15, 0.2) is 53.1 Å². The number of nitrogens with one attached hydrogen (secondary N) is 2. The summed E-state index contributed by atoms with van der Waals surface area (Å²) in [4.78, 5) is 12.5. The second-order valence-electron chi connectivity index (χ2n) is 8.86. The molecule has 1 aromatic heterocycles. The van der Waals surface area contributed by atoms with Gasteiger partial charge in [-0.05, 0) is 31.4 Å². The number of amidine groups is 1. The Morgan fingerprint density at radius 3 is 2.86 bits per heavy atom. The number of piperazine rings is 1.